The number of rotatable bonds is 5. The van der Waals surface area contributed by atoms with Crippen molar-refractivity contribution >= 4 is 11.6 Å². The fraction of sp³-hybridized carbons (Fsp3) is 0.143. The van der Waals surface area contributed by atoms with Crippen molar-refractivity contribution in [3.8, 4) is 5.75 Å². The summed E-state index contributed by atoms with van der Waals surface area (Å²) in [5.41, 5.74) is -0.552. The highest BCUT2D eigenvalue weighted by Gasteiger charge is 2.16. The number of amides is 1. The van der Waals surface area contributed by atoms with Gasteiger partial charge in [-0.05, 0) is 24.3 Å². The van der Waals surface area contributed by atoms with Crippen molar-refractivity contribution in [3.05, 3.63) is 53.9 Å². The first-order valence-corrected chi connectivity index (χ1v) is 6.09. The van der Waals surface area contributed by atoms with E-state index < -0.39 is 36.3 Å². The molecule has 2 rings (SSSR count). The number of ether oxygens (including phenoxy) is 1. The van der Waals surface area contributed by atoms with E-state index in [1.54, 1.807) is 0 Å². The highest BCUT2D eigenvalue weighted by atomic mass is 19.3. The number of hydrogen-bond acceptors (Lipinski definition) is 3. The largest absolute Gasteiger partial charge is 0.485 e. The lowest BCUT2D eigenvalue weighted by molar-refractivity contribution is 0.0820. The molecule has 0 saturated heterocycles. The first-order valence-electron chi connectivity index (χ1n) is 6.09. The van der Waals surface area contributed by atoms with Gasteiger partial charge < -0.3 is 10.1 Å². The van der Waals surface area contributed by atoms with Crippen LogP contribution < -0.4 is 10.1 Å². The van der Waals surface area contributed by atoms with Crippen LogP contribution in [-0.2, 0) is 0 Å². The van der Waals surface area contributed by atoms with Crippen LogP contribution in [0.1, 0.15) is 10.5 Å². The molecule has 0 aliphatic heterocycles. The normalized spacial score (nSPS) is 10.6. The van der Waals surface area contributed by atoms with Crippen LogP contribution in [0.3, 0.4) is 0 Å². The van der Waals surface area contributed by atoms with E-state index in [1.165, 1.54) is 12.3 Å². The summed E-state index contributed by atoms with van der Waals surface area (Å²) in [7, 11) is 0. The standard InChI is InChI=1S/C14H10F4N2O2/c15-8-3-4-10(11(6-8)22-7-12(17)18)20-14(21)13-9(16)2-1-5-19-13/h1-6,12H,7H2,(H,20,21). The lowest BCUT2D eigenvalue weighted by Crippen LogP contribution is -2.17. The fourth-order valence-electron chi connectivity index (χ4n) is 1.61. The van der Waals surface area contributed by atoms with Gasteiger partial charge in [0, 0.05) is 12.3 Å². The Labute approximate surface area is 122 Å². The van der Waals surface area contributed by atoms with Crippen LogP contribution >= 0.6 is 0 Å². The zero-order valence-corrected chi connectivity index (χ0v) is 11.0. The predicted octanol–water partition coefficient (Wildman–Crippen LogP) is 3.26. The van der Waals surface area contributed by atoms with E-state index >= 15 is 0 Å². The number of nitrogens with zero attached hydrogens (tertiary/aromatic N) is 1. The summed E-state index contributed by atoms with van der Waals surface area (Å²) in [6.45, 7) is -0.968. The van der Waals surface area contributed by atoms with Crippen LogP contribution in [-0.4, -0.2) is 23.9 Å². The van der Waals surface area contributed by atoms with Crippen LogP contribution in [0.15, 0.2) is 36.5 Å². The van der Waals surface area contributed by atoms with Gasteiger partial charge in [-0.15, -0.1) is 0 Å². The van der Waals surface area contributed by atoms with Crippen LogP contribution in [0, 0.1) is 11.6 Å². The Morgan fingerprint density at radius 2 is 2.05 bits per heavy atom. The van der Waals surface area contributed by atoms with Crippen LogP contribution in [0.25, 0.3) is 0 Å². The maximum absolute atomic E-state index is 13.4. The summed E-state index contributed by atoms with van der Waals surface area (Å²) in [6, 6.07) is 5.31. The van der Waals surface area contributed by atoms with Crippen LogP contribution in [0.5, 0.6) is 5.75 Å². The van der Waals surface area contributed by atoms with Gasteiger partial charge in [-0.1, -0.05) is 0 Å². The molecule has 0 aliphatic carbocycles. The number of aromatic nitrogens is 1. The second-order valence-electron chi connectivity index (χ2n) is 4.13. The molecule has 22 heavy (non-hydrogen) atoms. The molecule has 0 radical (unpaired) electrons. The molecule has 0 atom stereocenters. The number of nitrogens with one attached hydrogen (secondary N) is 1. The van der Waals surface area contributed by atoms with Crippen LogP contribution in [0.4, 0.5) is 23.2 Å². The minimum Gasteiger partial charge on any atom is -0.485 e. The zero-order chi connectivity index (χ0) is 16.1. The fourth-order valence-corrected chi connectivity index (χ4v) is 1.61. The van der Waals surface area contributed by atoms with Gasteiger partial charge in [-0.2, -0.15) is 0 Å². The molecule has 2 aromatic rings. The number of pyridine rings is 1. The van der Waals surface area contributed by atoms with Crippen molar-refractivity contribution in [2.24, 2.45) is 0 Å². The molecule has 0 unspecified atom stereocenters. The van der Waals surface area contributed by atoms with E-state index in [0.717, 1.165) is 24.3 Å². The molecule has 0 aliphatic rings. The van der Waals surface area contributed by atoms with Crippen molar-refractivity contribution in [2.75, 3.05) is 11.9 Å². The van der Waals surface area contributed by atoms with E-state index in [4.69, 9.17) is 4.74 Å². The number of benzene rings is 1. The zero-order valence-electron chi connectivity index (χ0n) is 11.0. The SMILES string of the molecule is O=C(Nc1ccc(F)cc1OCC(F)F)c1ncccc1F. The van der Waals surface area contributed by atoms with E-state index in [1.807, 2.05) is 0 Å². The second kappa shape index (κ2) is 6.88. The average molecular weight is 314 g/mol. The summed E-state index contributed by atoms with van der Waals surface area (Å²) in [4.78, 5) is 15.5. The first kappa shape index (κ1) is 15.7. The molecule has 0 fully saturated rings. The molecule has 1 aromatic carbocycles. The van der Waals surface area contributed by atoms with E-state index in [-0.39, 0.29) is 11.4 Å². The number of halogens is 4. The van der Waals surface area contributed by atoms with Gasteiger partial charge in [0.15, 0.2) is 11.5 Å². The molecule has 1 amide bonds. The number of anilines is 1. The Hall–Kier alpha value is -2.64. The van der Waals surface area contributed by atoms with Gasteiger partial charge in [0.25, 0.3) is 12.3 Å². The Kier molecular flexibility index (Phi) is 4.92. The third kappa shape index (κ3) is 3.94. The first-order chi connectivity index (χ1) is 10.5. The third-order valence-corrected chi connectivity index (χ3v) is 2.53. The van der Waals surface area contributed by atoms with Gasteiger partial charge >= 0.3 is 0 Å². The molecule has 8 heteroatoms. The molecular formula is C14H10F4N2O2. The molecule has 1 N–H and O–H groups in total. The van der Waals surface area contributed by atoms with Crippen molar-refractivity contribution in [3.63, 3.8) is 0 Å². The minimum atomic E-state index is -2.76. The lowest BCUT2D eigenvalue weighted by Gasteiger charge is -2.12. The van der Waals surface area contributed by atoms with Gasteiger partial charge in [0.2, 0.25) is 0 Å². The van der Waals surface area contributed by atoms with E-state index in [0.29, 0.717) is 0 Å². The van der Waals surface area contributed by atoms with Gasteiger partial charge in [-0.3, -0.25) is 4.79 Å². The molecule has 1 heterocycles. The Bertz CT molecular complexity index is 680. The highest BCUT2D eigenvalue weighted by molar-refractivity contribution is 6.03. The summed E-state index contributed by atoms with van der Waals surface area (Å²) < 4.78 is 55.7. The molecule has 4 nitrogen and oxygen atoms in total. The van der Waals surface area contributed by atoms with Gasteiger partial charge in [-0.25, -0.2) is 22.5 Å². The second-order valence-corrected chi connectivity index (χ2v) is 4.13. The molecule has 0 bridgehead atoms. The molecule has 116 valence electrons. The van der Waals surface area contributed by atoms with E-state index in [2.05, 4.69) is 10.3 Å². The average Bonchev–Trinajstić information content (AvgIpc) is 2.47. The van der Waals surface area contributed by atoms with Crippen molar-refractivity contribution in [2.45, 2.75) is 6.43 Å². The number of alkyl halides is 2. The van der Waals surface area contributed by atoms with Crippen molar-refractivity contribution in [1.29, 1.82) is 0 Å². The van der Waals surface area contributed by atoms with Gasteiger partial charge in [0.1, 0.15) is 18.2 Å². The number of carbonyl (C=O) groups excluding carboxylic acids is 1. The summed E-state index contributed by atoms with van der Waals surface area (Å²) in [5.74, 6) is -2.78. The molecule has 1 aromatic heterocycles. The Morgan fingerprint density at radius 3 is 2.73 bits per heavy atom. The topological polar surface area (TPSA) is 51.2 Å². The van der Waals surface area contributed by atoms with Crippen molar-refractivity contribution < 1.29 is 27.1 Å². The maximum atomic E-state index is 13.4. The molecule has 0 saturated carbocycles. The minimum absolute atomic E-state index is 0.0721. The van der Waals surface area contributed by atoms with Crippen LogP contribution in [0.2, 0.25) is 0 Å². The predicted molar refractivity (Wildman–Crippen MR) is 70.0 cm³/mol. The monoisotopic (exact) mass is 314 g/mol. The number of hydrogen-bond donors (Lipinski definition) is 1. The highest BCUT2D eigenvalue weighted by Crippen LogP contribution is 2.26. The lowest BCUT2D eigenvalue weighted by atomic mass is 10.2. The quantitative estimate of drug-likeness (QED) is 0.862. The maximum Gasteiger partial charge on any atom is 0.277 e. The molecule has 0 spiro atoms. The molecular weight excluding hydrogens is 304 g/mol. The van der Waals surface area contributed by atoms with Crippen molar-refractivity contribution in [1.82, 2.24) is 4.98 Å². The van der Waals surface area contributed by atoms with E-state index in [9.17, 15) is 22.4 Å². The summed E-state index contributed by atoms with van der Waals surface area (Å²) in [5, 5.41) is 2.24. The smallest absolute Gasteiger partial charge is 0.277 e. The Morgan fingerprint density at radius 1 is 1.27 bits per heavy atom. The summed E-state index contributed by atoms with van der Waals surface area (Å²) in [6.07, 6.45) is -1.54. The third-order valence-electron chi connectivity index (χ3n) is 2.53. The summed E-state index contributed by atoms with van der Waals surface area (Å²) >= 11 is 0. The number of carbonyl (C=O) groups is 1. The van der Waals surface area contributed by atoms with Gasteiger partial charge in [0.05, 0.1) is 5.69 Å². The Balaban J connectivity index is 2.21.